The summed E-state index contributed by atoms with van der Waals surface area (Å²) in [6.45, 7) is 3.38. The minimum absolute atomic E-state index is 0.0511. The van der Waals surface area contributed by atoms with Gasteiger partial charge in [0, 0.05) is 19.3 Å². The Balaban J connectivity index is 3.03. The van der Waals surface area contributed by atoms with E-state index in [0.29, 0.717) is 6.54 Å². The van der Waals surface area contributed by atoms with Gasteiger partial charge in [0.15, 0.2) is 5.82 Å². The molecule has 106 valence electrons. The molecule has 0 saturated carbocycles. The Hall–Kier alpha value is -1.54. The van der Waals surface area contributed by atoms with Gasteiger partial charge in [0.2, 0.25) is 10.9 Å². The lowest BCUT2D eigenvalue weighted by molar-refractivity contribution is -0.121. The van der Waals surface area contributed by atoms with Crippen LogP contribution in [0.15, 0.2) is 23.4 Å². The molecule has 0 atom stereocenters. The van der Waals surface area contributed by atoms with E-state index in [0.717, 1.165) is 10.4 Å². The highest BCUT2D eigenvalue weighted by Gasteiger charge is 2.29. The third-order valence-corrected chi connectivity index (χ3v) is 4.21. The summed E-state index contributed by atoms with van der Waals surface area (Å²) >= 11 is 0. The quantitative estimate of drug-likeness (QED) is 0.820. The molecule has 6 nitrogen and oxygen atoms in total. The van der Waals surface area contributed by atoms with E-state index in [1.807, 2.05) is 0 Å². The van der Waals surface area contributed by atoms with Gasteiger partial charge >= 0.3 is 0 Å². The molecule has 1 aromatic heterocycles. The zero-order chi connectivity index (χ0) is 14.5. The molecule has 0 fully saturated rings. The number of rotatable bonds is 6. The van der Waals surface area contributed by atoms with Crippen molar-refractivity contribution in [1.82, 2.24) is 14.6 Å². The first kappa shape index (κ1) is 15.5. The largest absolute Gasteiger partial charge is 0.355 e. The molecule has 19 heavy (non-hydrogen) atoms. The highest BCUT2D eigenvalue weighted by molar-refractivity contribution is 7.89. The van der Waals surface area contributed by atoms with E-state index in [1.54, 1.807) is 13.8 Å². The number of nitrogens with one attached hydrogen (secondary N) is 1. The number of pyridine rings is 1. The molecular formula is C11H16FN3O3S. The molecule has 1 amide bonds. The number of likely N-dealkylation sites (N-methyl/N-ethyl adjacent to an activating group) is 2. The summed E-state index contributed by atoms with van der Waals surface area (Å²) in [5.41, 5.74) is 0. The first-order chi connectivity index (χ1) is 8.93. The van der Waals surface area contributed by atoms with Gasteiger partial charge in [0.05, 0.1) is 6.54 Å². The number of carbonyl (C=O) groups excluding carboxylic acids is 1. The van der Waals surface area contributed by atoms with Crippen molar-refractivity contribution in [3.63, 3.8) is 0 Å². The summed E-state index contributed by atoms with van der Waals surface area (Å²) in [5.74, 6) is -1.37. The summed E-state index contributed by atoms with van der Waals surface area (Å²) < 4.78 is 38.7. The Kier molecular flexibility index (Phi) is 5.37. The Morgan fingerprint density at radius 2 is 2.16 bits per heavy atom. The molecule has 0 bridgehead atoms. The van der Waals surface area contributed by atoms with E-state index in [2.05, 4.69) is 10.3 Å². The minimum Gasteiger partial charge on any atom is -0.355 e. The molecular weight excluding hydrogens is 273 g/mol. The second-order valence-corrected chi connectivity index (χ2v) is 5.53. The predicted octanol–water partition coefficient (Wildman–Crippen LogP) is 0.367. The van der Waals surface area contributed by atoms with Crippen LogP contribution in [-0.2, 0) is 14.8 Å². The summed E-state index contributed by atoms with van der Waals surface area (Å²) in [5, 5.41) is 1.82. The lowest BCUT2D eigenvalue weighted by atomic mass is 10.5. The summed E-state index contributed by atoms with van der Waals surface area (Å²) in [4.78, 5) is 15.0. The zero-order valence-electron chi connectivity index (χ0n) is 10.8. The lowest BCUT2D eigenvalue weighted by Crippen LogP contribution is -2.41. The second kappa shape index (κ2) is 6.58. The molecule has 0 aromatic carbocycles. The number of nitrogens with zero attached hydrogens (tertiary/aromatic N) is 2. The van der Waals surface area contributed by atoms with E-state index >= 15 is 0 Å². The Bertz CT molecular complexity index is 548. The average Bonchev–Trinajstić information content (AvgIpc) is 2.36. The van der Waals surface area contributed by atoms with Crippen LogP contribution in [0.3, 0.4) is 0 Å². The molecule has 0 aliphatic rings. The maximum atomic E-state index is 13.5. The molecule has 1 heterocycles. The standard InChI is InChI=1S/C11H16FN3O3S/c1-3-13-10(16)8-15(4-2)19(17,18)11-9(12)6-5-7-14-11/h5-7H,3-4,8H2,1-2H3,(H,13,16). The number of sulfonamides is 1. The molecule has 1 aromatic rings. The molecule has 0 radical (unpaired) electrons. The monoisotopic (exact) mass is 289 g/mol. The van der Waals surface area contributed by atoms with Gasteiger partial charge in [-0.1, -0.05) is 6.92 Å². The van der Waals surface area contributed by atoms with Crippen LogP contribution in [0, 0.1) is 5.82 Å². The van der Waals surface area contributed by atoms with Crippen LogP contribution in [0.4, 0.5) is 4.39 Å². The normalized spacial score (nSPS) is 11.6. The van der Waals surface area contributed by atoms with Crippen LogP contribution in [0.25, 0.3) is 0 Å². The van der Waals surface area contributed by atoms with E-state index in [4.69, 9.17) is 0 Å². The van der Waals surface area contributed by atoms with Crippen molar-refractivity contribution >= 4 is 15.9 Å². The molecule has 0 unspecified atom stereocenters. The van der Waals surface area contributed by atoms with Crippen molar-refractivity contribution in [3.8, 4) is 0 Å². The first-order valence-corrected chi connectivity index (χ1v) is 7.24. The van der Waals surface area contributed by atoms with Crippen LogP contribution in [-0.4, -0.2) is 43.2 Å². The number of hydrogen-bond donors (Lipinski definition) is 1. The van der Waals surface area contributed by atoms with Crippen LogP contribution < -0.4 is 5.32 Å². The van der Waals surface area contributed by atoms with Gasteiger partial charge in [-0.25, -0.2) is 17.8 Å². The Labute approximate surface area is 111 Å². The summed E-state index contributed by atoms with van der Waals surface area (Å²) in [6, 6.07) is 2.31. The molecule has 8 heteroatoms. The molecule has 1 N–H and O–H groups in total. The number of aromatic nitrogens is 1. The fourth-order valence-corrected chi connectivity index (χ4v) is 2.84. The zero-order valence-corrected chi connectivity index (χ0v) is 11.6. The topological polar surface area (TPSA) is 79.4 Å². The van der Waals surface area contributed by atoms with Gasteiger partial charge in [0.25, 0.3) is 10.0 Å². The summed E-state index contributed by atoms with van der Waals surface area (Å²) in [7, 11) is -4.11. The Morgan fingerprint density at radius 1 is 1.47 bits per heavy atom. The van der Waals surface area contributed by atoms with E-state index in [-0.39, 0.29) is 13.1 Å². The lowest BCUT2D eigenvalue weighted by Gasteiger charge is -2.19. The maximum absolute atomic E-state index is 13.5. The molecule has 0 saturated heterocycles. The highest BCUT2D eigenvalue weighted by atomic mass is 32.2. The van der Waals surface area contributed by atoms with Crippen LogP contribution in [0.1, 0.15) is 13.8 Å². The van der Waals surface area contributed by atoms with Crippen molar-refractivity contribution in [2.75, 3.05) is 19.6 Å². The van der Waals surface area contributed by atoms with Gasteiger partial charge in [-0.2, -0.15) is 4.31 Å². The van der Waals surface area contributed by atoms with Gasteiger partial charge < -0.3 is 5.32 Å². The highest BCUT2D eigenvalue weighted by Crippen LogP contribution is 2.15. The van der Waals surface area contributed by atoms with Crippen LogP contribution in [0.2, 0.25) is 0 Å². The van der Waals surface area contributed by atoms with Crippen LogP contribution >= 0.6 is 0 Å². The van der Waals surface area contributed by atoms with Gasteiger partial charge in [-0.15, -0.1) is 0 Å². The summed E-state index contributed by atoms with van der Waals surface area (Å²) in [6.07, 6.45) is 1.19. The SMILES string of the molecule is CCNC(=O)CN(CC)S(=O)(=O)c1ncccc1F. The van der Waals surface area contributed by atoms with E-state index < -0.39 is 26.8 Å². The second-order valence-electron chi connectivity index (χ2n) is 3.68. The van der Waals surface area contributed by atoms with Crippen molar-refractivity contribution in [3.05, 3.63) is 24.1 Å². The van der Waals surface area contributed by atoms with Crippen molar-refractivity contribution < 1.29 is 17.6 Å². The number of hydrogen-bond acceptors (Lipinski definition) is 4. The van der Waals surface area contributed by atoms with E-state index in [1.165, 1.54) is 12.3 Å². The third-order valence-electron chi connectivity index (χ3n) is 2.36. The molecule has 0 aliphatic heterocycles. The maximum Gasteiger partial charge on any atom is 0.263 e. The number of amides is 1. The predicted molar refractivity (Wildman–Crippen MR) is 67.3 cm³/mol. The van der Waals surface area contributed by atoms with Crippen molar-refractivity contribution in [2.45, 2.75) is 18.9 Å². The van der Waals surface area contributed by atoms with Gasteiger partial charge in [-0.3, -0.25) is 4.79 Å². The number of halogens is 1. The first-order valence-electron chi connectivity index (χ1n) is 5.80. The smallest absolute Gasteiger partial charge is 0.263 e. The van der Waals surface area contributed by atoms with Crippen molar-refractivity contribution in [2.24, 2.45) is 0 Å². The molecule has 0 spiro atoms. The van der Waals surface area contributed by atoms with Gasteiger partial charge in [0.1, 0.15) is 0 Å². The number of carbonyl (C=O) groups is 1. The fraction of sp³-hybridized carbons (Fsp3) is 0.455. The molecule has 0 aliphatic carbocycles. The van der Waals surface area contributed by atoms with Gasteiger partial charge in [-0.05, 0) is 19.1 Å². The Morgan fingerprint density at radius 3 is 2.68 bits per heavy atom. The minimum atomic E-state index is -4.11. The van der Waals surface area contributed by atoms with E-state index in [9.17, 15) is 17.6 Å². The third kappa shape index (κ3) is 3.71. The van der Waals surface area contributed by atoms with Crippen molar-refractivity contribution in [1.29, 1.82) is 0 Å². The average molecular weight is 289 g/mol. The molecule has 1 rings (SSSR count). The van der Waals surface area contributed by atoms with Crippen LogP contribution in [0.5, 0.6) is 0 Å². The fourth-order valence-electron chi connectivity index (χ4n) is 1.46.